The van der Waals surface area contributed by atoms with Crippen LogP contribution in [-0.4, -0.2) is 111 Å². The van der Waals surface area contributed by atoms with Crippen molar-refractivity contribution in [3.63, 3.8) is 0 Å². The maximum absolute atomic E-state index is 14.7. The number of hydrogen-bond donors (Lipinski definition) is 6. The number of carbonyl (C=O) groups excluding carboxylic acids is 2. The molecule has 0 amide bonds. The molecule has 5 rings (SSSR count). The van der Waals surface area contributed by atoms with Crippen LogP contribution in [-0.2, 0) is 33.3 Å². The Morgan fingerprint density at radius 3 is 2.44 bits per heavy atom. The number of carbonyl (C=O) groups is 3. The highest BCUT2D eigenvalue weighted by Crippen LogP contribution is 2.76. The van der Waals surface area contributed by atoms with Gasteiger partial charge in [0.05, 0.1) is 56.4 Å². The number of epoxide rings is 1. The number of aliphatic carboxylic acids is 1. The number of aliphatic hydroxyl groups excluding tert-OH is 5. The van der Waals surface area contributed by atoms with E-state index >= 15 is 0 Å². The molecule has 1 aromatic rings. The molecular formula is C34H48O14. The van der Waals surface area contributed by atoms with Crippen molar-refractivity contribution in [1.29, 1.82) is 0 Å². The molecule has 6 N–H and O–H groups in total. The number of rotatable bonds is 11. The SMILES string of the molecule is COC(=O)/C=C\C1(C)C(CC(C)O)CC(=O)C2(C)C1CCC(C)(C(O[C@@H]1O[C@H](CO)[C@@H](O)[C@H](O)[C@H]1O)c1ccoc1)C21OC1CC(=O)O. The van der Waals surface area contributed by atoms with E-state index in [0.29, 0.717) is 18.4 Å². The van der Waals surface area contributed by atoms with Gasteiger partial charge in [-0.25, -0.2) is 4.79 Å². The van der Waals surface area contributed by atoms with E-state index in [1.165, 1.54) is 25.7 Å². The number of carboxylic acids is 1. The number of Topliss-reactive ketones (excluding diaryl/α,β-unsaturated/α-hetero) is 1. The second kappa shape index (κ2) is 13.2. The van der Waals surface area contributed by atoms with E-state index < -0.39 is 102 Å². The summed E-state index contributed by atoms with van der Waals surface area (Å²) in [6.45, 7) is 6.52. The van der Waals surface area contributed by atoms with Crippen molar-refractivity contribution in [2.24, 2.45) is 28.1 Å². The van der Waals surface area contributed by atoms with Gasteiger partial charge in [-0.15, -0.1) is 0 Å². The minimum Gasteiger partial charge on any atom is -0.481 e. The maximum Gasteiger partial charge on any atom is 0.330 e. The predicted octanol–water partition coefficient (Wildman–Crippen LogP) is 1.27. The van der Waals surface area contributed by atoms with Crippen LogP contribution in [0.25, 0.3) is 0 Å². The molecule has 1 spiro atoms. The van der Waals surface area contributed by atoms with Crippen LogP contribution in [0.2, 0.25) is 0 Å². The average molecular weight is 681 g/mol. The predicted molar refractivity (Wildman–Crippen MR) is 164 cm³/mol. The molecule has 2 aliphatic carbocycles. The van der Waals surface area contributed by atoms with Crippen molar-refractivity contribution < 1.29 is 68.4 Å². The van der Waals surface area contributed by atoms with Crippen molar-refractivity contribution in [2.45, 2.75) is 114 Å². The lowest BCUT2D eigenvalue weighted by Gasteiger charge is -2.64. The summed E-state index contributed by atoms with van der Waals surface area (Å²) in [4.78, 5) is 39.2. The third kappa shape index (κ3) is 5.63. The first-order valence-electron chi connectivity index (χ1n) is 16.4. The summed E-state index contributed by atoms with van der Waals surface area (Å²) >= 11 is 0. The summed E-state index contributed by atoms with van der Waals surface area (Å²) < 4.78 is 29.1. The number of methoxy groups -OCH3 is 1. The Labute approximate surface area is 278 Å². The van der Waals surface area contributed by atoms with Crippen LogP contribution >= 0.6 is 0 Å². The van der Waals surface area contributed by atoms with Crippen LogP contribution in [0.4, 0.5) is 0 Å². The van der Waals surface area contributed by atoms with E-state index in [1.807, 2.05) is 13.8 Å². The molecule has 14 heteroatoms. The summed E-state index contributed by atoms with van der Waals surface area (Å²) in [5, 5.41) is 62.1. The minimum atomic E-state index is -1.73. The van der Waals surface area contributed by atoms with E-state index in [0.717, 1.165) is 0 Å². The standard InChI is InChI=1S/C34H48O14/c1-17(36)12-19-13-22(37)33(4)21(31(19,2)9-7-25(40)44-5)6-10-32(3,34(33)23(48-34)14-24(38)39)29(18-8-11-45-16-18)47-30-28(43)27(42)26(41)20(15-35)46-30/h7-9,11,16-17,19-21,23,26-30,35-36,41-43H,6,10,12-15H2,1-5H3,(H,38,39)/b9-7-/t17?,19?,20-,21?,23?,26-,27+,28-,29?,30+,31?,32?,33?,34?/m1/s1. The molecule has 0 aromatic carbocycles. The molecule has 268 valence electrons. The fourth-order valence-electron chi connectivity index (χ4n) is 9.52. The van der Waals surface area contributed by atoms with Crippen molar-refractivity contribution in [2.75, 3.05) is 13.7 Å². The number of carboxylic acid groups (broad SMARTS) is 1. The summed E-state index contributed by atoms with van der Waals surface area (Å²) in [6, 6.07) is 1.63. The zero-order valence-electron chi connectivity index (χ0n) is 27.9. The second-order valence-electron chi connectivity index (χ2n) is 14.6. The first-order valence-corrected chi connectivity index (χ1v) is 16.4. The average Bonchev–Trinajstić information content (AvgIpc) is 3.49. The van der Waals surface area contributed by atoms with Crippen molar-refractivity contribution in [3.05, 3.63) is 36.3 Å². The van der Waals surface area contributed by atoms with Crippen molar-refractivity contribution in [1.82, 2.24) is 0 Å². The highest BCUT2D eigenvalue weighted by atomic mass is 16.7. The van der Waals surface area contributed by atoms with E-state index in [1.54, 1.807) is 26.0 Å². The van der Waals surface area contributed by atoms with Gasteiger partial charge in [0.25, 0.3) is 0 Å². The Morgan fingerprint density at radius 2 is 1.85 bits per heavy atom. The monoisotopic (exact) mass is 680 g/mol. The van der Waals surface area contributed by atoms with Gasteiger partial charge in [0.15, 0.2) is 6.29 Å². The van der Waals surface area contributed by atoms with Gasteiger partial charge in [-0.3, -0.25) is 9.59 Å². The Balaban J connectivity index is 1.65. The molecule has 1 aromatic heterocycles. The summed E-state index contributed by atoms with van der Waals surface area (Å²) in [7, 11) is 1.26. The zero-order chi connectivity index (χ0) is 35.4. The number of esters is 1. The van der Waals surface area contributed by atoms with Gasteiger partial charge in [-0.05, 0) is 56.4 Å². The number of fused-ring (bicyclic) bond motifs is 2. The topological polar surface area (TPSA) is 226 Å². The summed E-state index contributed by atoms with van der Waals surface area (Å²) in [5.41, 5.74) is -4.37. The first kappa shape index (κ1) is 36.6. The fourth-order valence-corrected chi connectivity index (χ4v) is 9.52. The van der Waals surface area contributed by atoms with Gasteiger partial charge in [0, 0.05) is 23.5 Å². The van der Waals surface area contributed by atoms with Crippen molar-refractivity contribution in [3.8, 4) is 0 Å². The molecule has 2 saturated carbocycles. The Bertz CT molecular complexity index is 1380. The highest BCUT2D eigenvalue weighted by Gasteiger charge is 2.83. The van der Waals surface area contributed by atoms with E-state index in [4.69, 9.17) is 23.4 Å². The molecule has 0 bridgehead atoms. The van der Waals surface area contributed by atoms with Crippen molar-refractivity contribution >= 4 is 17.7 Å². The van der Waals surface area contributed by atoms with E-state index in [9.17, 15) is 45.0 Å². The lowest BCUT2D eigenvalue weighted by Crippen LogP contribution is -2.68. The Kier molecular flexibility index (Phi) is 10.1. The Morgan fingerprint density at radius 1 is 1.15 bits per heavy atom. The third-order valence-electron chi connectivity index (χ3n) is 11.9. The normalized spacial score (nSPS) is 43.9. The van der Waals surface area contributed by atoms with E-state index in [2.05, 4.69) is 0 Å². The fraction of sp³-hybridized carbons (Fsp3) is 0.735. The quantitative estimate of drug-likeness (QED) is 0.110. The number of furan rings is 1. The molecule has 4 fully saturated rings. The number of allylic oxidation sites excluding steroid dienone is 1. The largest absolute Gasteiger partial charge is 0.481 e. The number of ether oxygens (including phenoxy) is 4. The third-order valence-corrected chi connectivity index (χ3v) is 11.9. The molecule has 0 radical (unpaired) electrons. The van der Waals surface area contributed by atoms with Crippen LogP contribution in [0.5, 0.6) is 0 Å². The molecule has 2 aliphatic heterocycles. The molecule has 14 nitrogen and oxygen atoms in total. The van der Waals surface area contributed by atoms with Crippen LogP contribution in [0.1, 0.15) is 71.5 Å². The smallest absolute Gasteiger partial charge is 0.330 e. The Hall–Kier alpha value is -2.69. The van der Waals surface area contributed by atoms with Crippen LogP contribution in [0.3, 0.4) is 0 Å². The van der Waals surface area contributed by atoms with Gasteiger partial charge >= 0.3 is 11.9 Å². The zero-order valence-corrected chi connectivity index (χ0v) is 27.9. The molecule has 14 atom stereocenters. The highest BCUT2D eigenvalue weighted by molar-refractivity contribution is 5.89. The van der Waals surface area contributed by atoms with E-state index in [-0.39, 0.29) is 24.5 Å². The van der Waals surface area contributed by atoms with Crippen LogP contribution in [0.15, 0.2) is 35.2 Å². The first-order chi connectivity index (χ1) is 22.5. The molecule has 48 heavy (non-hydrogen) atoms. The lowest BCUT2D eigenvalue weighted by atomic mass is 9.38. The van der Waals surface area contributed by atoms with Gasteiger partial charge in [-0.2, -0.15) is 0 Å². The number of hydrogen-bond acceptors (Lipinski definition) is 13. The van der Waals surface area contributed by atoms with Crippen LogP contribution < -0.4 is 0 Å². The molecule has 2 saturated heterocycles. The number of aliphatic hydroxyl groups is 5. The number of ketones is 1. The molecule has 3 heterocycles. The maximum atomic E-state index is 14.7. The molecular weight excluding hydrogens is 632 g/mol. The van der Waals surface area contributed by atoms with Gasteiger partial charge < -0.3 is 54.0 Å². The second-order valence-corrected chi connectivity index (χ2v) is 14.6. The molecule has 4 aliphatic rings. The van der Waals surface area contributed by atoms with Gasteiger partial charge in [-0.1, -0.05) is 19.9 Å². The minimum absolute atomic E-state index is 0.0187. The molecule has 9 unspecified atom stereocenters. The lowest BCUT2D eigenvalue weighted by molar-refractivity contribution is -0.327. The van der Waals surface area contributed by atoms with Gasteiger partial charge in [0.1, 0.15) is 35.8 Å². The van der Waals surface area contributed by atoms with Gasteiger partial charge in [0.2, 0.25) is 0 Å². The summed E-state index contributed by atoms with van der Waals surface area (Å²) in [6.07, 6.45) is -4.18. The van der Waals surface area contributed by atoms with Crippen LogP contribution in [0, 0.1) is 28.1 Å². The summed E-state index contributed by atoms with van der Waals surface area (Å²) in [5.74, 6) is -2.75.